The van der Waals surface area contributed by atoms with Crippen molar-refractivity contribution in [3.05, 3.63) is 0 Å². The molecule has 0 aromatic carbocycles. The molecule has 3 heteroatoms. The summed E-state index contributed by atoms with van der Waals surface area (Å²) in [5, 5.41) is 8.32. The zero-order valence-electron chi connectivity index (χ0n) is 4.64. The summed E-state index contributed by atoms with van der Waals surface area (Å²) in [6.45, 7) is 1.93. The van der Waals surface area contributed by atoms with Gasteiger partial charge in [0.25, 0.3) is 0 Å². The fraction of sp³-hybridized carbons (Fsp3) is 1.00. The number of aliphatic hydroxyl groups excluding tert-OH is 1. The van der Waals surface area contributed by atoms with Gasteiger partial charge in [0.05, 0.1) is 19.8 Å². The molecule has 3 nitrogen and oxygen atoms in total. The van der Waals surface area contributed by atoms with Crippen LogP contribution in [0.2, 0.25) is 0 Å². The number of rotatable bonds is 3. The third kappa shape index (κ3) is 3.72. The van der Waals surface area contributed by atoms with E-state index < -0.39 is 0 Å². The van der Waals surface area contributed by atoms with Crippen molar-refractivity contribution in [2.75, 3.05) is 13.7 Å². The molecule has 0 saturated heterocycles. The molecule has 0 heterocycles. The number of hydrogen-bond donors (Lipinski definition) is 2. The van der Waals surface area contributed by atoms with E-state index in [9.17, 15) is 0 Å². The lowest BCUT2D eigenvalue weighted by atomic mass is 10.4. The molecule has 0 aromatic rings. The maximum atomic E-state index is 8.32. The number of nitrogens with one attached hydrogen (secondary N) is 1. The van der Waals surface area contributed by atoms with Crippen molar-refractivity contribution in [2.24, 2.45) is 0 Å². The smallest absolute Gasteiger partial charge is 0.0604 e. The molecule has 1 atom stereocenters. The summed E-state index contributed by atoms with van der Waals surface area (Å²) >= 11 is 0. The minimum absolute atomic E-state index is 0.0324. The summed E-state index contributed by atoms with van der Waals surface area (Å²) < 4.78 is 0. The van der Waals surface area contributed by atoms with E-state index in [1.807, 2.05) is 6.92 Å². The molecule has 0 aromatic heterocycles. The molecule has 2 N–H and O–H groups in total. The van der Waals surface area contributed by atoms with Crippen LogP contribution in [0.5, 0.6) is 0 Å². The molecule has 0 rings (SSSR count). The molecule has 0 saturated carbocycles. The van der Waals surface area contributed by atoms with E-state index in [4.69, 9.17) is 5.11 Å². The third-order valence-corrected chi connectivity index (χ3v) is 0.593. The van der Waals surface area contributed by atoms with Crippen molar-refractivity contribution in [1.82, 2.24) is 5.48 Å². The van der Waals surface area contributed by atoms with E-state index in [1.165, 1.54) is 7.11 Å². The molecule has 1 unspecified atom stereocenters. The van der Waals surface area contributed by atoms with Gasteiger partial charge >= 0.3 is 0 Å². The standard InChI is InChI=1S/C4H11NO2/c1-4(3-6)5-7-2/h4-6H,3H2,1-2H3. The monoisotopic (exact) mass is 105 g/mol. The minimum Gasteiger partial charge on any atom is -0.395 e. The molecular weight excluding hydrogens is 94.0 g/mol. The molecule has 7 heavy (non-hydrogen) atoms. The Kier molecular flexibility index (Phi) is 3.98. The van der Waals surface area contributed by atoms with Gasteiger partial charge in [-0.2, -0.15) is 5.48 Å². The lowest BCUT2D eigenvalue weighted by Gasteiger charge is -2.05. The summed E-state index contributed by atoms with van der Waals surface area (Å²) in [6, 6.07) is 0.0324. The molecule has 0 aliphatic heterocycles. The van der Waals surface area contributed by atoms with Crippen molar-refractivity contribution in [3.63, 3.8) is 0 Å². The fourth-order valence-electron chi connectivity index (χ4n) is 0.238. The number of hydroxylamine groups is 1. The Morgan fingerprint density at radius 3 is 2.57 bits per heavy atom. The average molecular weight is 105 g/mol. The van der Waals surface area contributed by atoms with Crippen molar-refractivity contribution in [1.29, 1.82) is 0 Å². The van der Waals surface area contributed by atoms with Gasteiger partial charge in [-0.1, -0.05) is 0 Å². The Balaban J connectivity index is 2.83. The zero-order valence-corrected chi connectivity index (χ0v) is 4.64. The Morgan fingerprint density at radius 2 is 2.43 bits per heavy atom. The topological polar surface area (TPSA) is 41.5 Å². The van der Waals surface area contributed by atoms with E-state index in [0.29, 0.717) is 0 Å². The van der Waals surface area contributed by atoms with Crippen LogP contribution in [0.15, 0.2) is 0 Å². The van der Waals surface area contributed by atoms with Crippen molar-refractivity contribution < 1.29 is 9.94 Å². The van der Waals surface area contributed by atoms with Gasteiger partial charge in [-0.3, -0.25) is 0 Å². The lowest BCUT2D eigenvalue weighted by Crippen LogP contribution is -2.27. The van der Waals surface area contributed by atoms with E-state index in [2.05, 4.69) is 10.3 Å². The average Bonchev–Trinajstić information content (AvgIpc) is 1.68. The molecule has 0 amide bonds. The van der Waals surface area contributed by atoms with Crippen LogP contribution in [0.1, 0.15) is 6.92 Å². The SMILES string of the molecule is CONC(C)CO. The lowest BCUT2D eigenvalue weighted by molar-refractivity contribution is 0.0463. The molecular formula is C4H11NO2. The van der Waals surface area contributed by atoms with E-state index in [-0.39, 0.29) is 12.6 Å². The first-order chi connectivity index (χ1) is 3.31. The van der Waals surface area contributed by atoms with Crippen LogP contribution in [0.3, 0.4) is 0 Å². The van der Waals surface area contributed by atoms with Gasteiger partial charge in [0, 0.05) is 0 Å². The first-order valence-electron chi connectivity index (χ1n) is 2.20. The minimum atomic E-state index is 0.0324. The second-order valence-corrected chi connectivity index (χ2v) is 1.41. The van der Waals surface area contributed by atoms with Crippen LogP contribution in [-0.4, -0.2) is 24.9 Å². The zero-order chi connectivity index (χ0) is 5.70. The first kappa shape index (κ1) is 6.88. The molecule has 0 aliphatic carbocycles. The number of hydrogen-bond acceptors (Lipinski definition) is 3. The largest absolute Gasteiger partial charge is 0.395 e. The second-order valence-electron chi connectivity index (χ2n) is 1.41. The predicted molar refractivity (Wildman–Crippen MR) is 26.7 cm³/mol. The third-order valence-electron chi connectivity index (χ3n) is 0.593. The summed E-state index contributed by atoms with van der Waals surface area (Å²) in [4.78, 5) is 4.48. The van der Waals surface area contributed by atoms with Gasteiger partial charge < -0.3 is 9.94 Å². The Morgan fingerprint density at radius 1 is 1.86 bits per heavy atom. The van der Waals surface area contributed by atoms with Crippen LogP contribution >= 0.6 is 0 Å². The molecule has 0 spiro atoms. The Bertz CT molecular complexity index is 40.7. The highest BCUT2D eigenvalue weighted by molar-refractivity contribution is 4.46. The Labute approximate surface area is 43.2 Å². The molecule has 0 fully saturated rings. The van der Waals surface area contributed by atoms with Gasteiger partial charge in [-0.25, -0.2) is 0 Å². The van der Waals surface area contributed by atoms with Gasteiger partial charge in [0.1, 0.15) is 0 Å². The van der Waals surface area contributed by atoms with E-state index >= 15 is 0 Å². The van der Waals surface area contributed by atoms with Gasteiger partial charge in [0.15, 0.2) is 0 Å². The summed E-state index contributed by atoms with van der Waals surface area (Å²) in [5.74, 6) is 0. The summed E-state index contributed by atoms with van der Waals surface area (Å²) in [7, 11) is 1.52. The highest BCUT2D eigenvalue weighted by Gasteiger charge is 1.92. The van der Waals surface area contributed by atoms with Gasteiger partial charge in [0.2, 0.25) is 0 Å². The van der Waals surface area contributed by atoms with Crippen LogP contribution in [0.4, 0.5) is 0 Å². The van der Waals surface area contributed by atoms with Gasteiger partial charge in [-0.15, -0.1) is 0 Å². The van der Waals surface area contributed by atoms with E-state index in [0.717, 1.165) is 0 Å². The van der Waals surface area contributed by atoms with E-state index in [1.54, 1.807) is 0 Å². The second kappa shape index (κ2) is 4.05. The molecule has 44 valence electrons. The summed E-state index contributed by atoms with van der Waals surface area (Å²) in [5.41, 5.74) is 2.55. The quantitative estimate of drug-likeness (QED) is 0.476. The molecule has 0 radical (unpaired) electrons. The number of aliphatic hydroxyl groups is 1. The molecule has 0 aliphatic rings. The highest BCUT2D eigenvalue weighted by atomic mass is 16.6. The summed E-state index contributed by atoms with van der Waals surface area (Å²) in [6.07, 6.45) is 0. The van der Waals surface area contributed by atoms with Crippen LogP contribution in [0.25, 0.3) is 0 Å². The molecule has 0 bridgehead atoms. The van der Waals surface area contributed by atoms with Crippen molar-refractivity contribution >= 4 is 0 Å². The maximum absolute atomic E-state index is 8.32. The maximum Gasteiger partial charge on any atom is 0.0604 e. The predicted octanol–water partition coefficient (Wildman–Crippen LogP) is -0.482. The fourth-order valence-corrected chi connectivity index (χ4v) is 0.238. The highest BCUT2D eigenvalue weighted by Crippen LogP contribution is 1.73. The normalized spacial score (nSPS) is 14.1. The van der Waals surface area contributed by atoms with Crippen LogP contribution < -0.4 is 5.48 Å². The van der Waals surface area contributed by atoms with Gasteiger partial charge in [-0.05, 0) is 6.92 Å². The van der Waals surface area contributed by atoms with Crippen molar-refractivity contribution in [3.8, 4) is 0 Å². The first-order valence-corrected chi connectivity index (χ1v) is 2.20. The van der Waals surface area contributed by atoms with Crippen LogP contribution in [-0.2, 0) is 4.84 Å². The van der Waals surface area contributed by atoms with Crippen LogP contribution in [0, 0.1) is 0 Å². The Hall–Kier alpha value is -0.120. The van der Waals surface area contributed by atoms with Crippen molar-refractivity contribution in [2.45, 2.75) is 13.0 Å².